The van der Waals surface area contributed by atoms with Gasteiger partial charge in [-0.3, -0.25) is 4.40 Å². The molecule has 2 aromatic rings. The molecule has 0 saturated heterocycles. The van der Waals surface area contributed by atoms with Crippen molar-refractivity contribution in [1.82, 2.24) is 9.38 Å². The number of hydrogen-bond acceptors (Lipinski definition) is 3. The van der Waals surface area contributed by atoms with Crippen molar-refractivity contribution in [1.29, 1.82) is 5.26 Å². The molecule has 0 bridgehead atoms. The van der Waals surface area contributed by atoms with Gasteiger partial charge >= 0.3 is 0 Å². The Morgan fingerprint density at radius 2 is 2.38 bits per heavy atom. The topological polar surface area (TPSA) is 41.1 Å². The van der Waals surface area contributed by atoms with Crippen LogP contribution in [0.2, 0.25) is 0 Å². The maximum Gasteiger partial charge on any atom is 0.140 e. The molecular weight excluding hydrogens is 182 g/mol. The molecule has 0 atom stereocenters. The minimum atomic E-state index is 0.887. The second kappa shape index (κ2) is 3.11. The van der Waals surface area contributed by atoms with Crippen LogP contribution < -0.4 is 0 Å². The van der Waals surface area contributed by atoms with Gasteiger partial charge in [-0.1, -0.05) is 6.07 Å². The molecular formula is C9H7N3S. The van der Waals surface area contributed by atoms with Gasteiger partial charge in [-0.15, -0.1) is 0 Å². The molecule has 0 aliphatic rings. The molecule has 64 valence electrons. The summed E-state index contributed by atoms with van der Waals surface area (Å²) in [6.45, 7) is 1.91. The summed E-state index contributed by atoms with van der Waals surface area (Å²) in [6, 6.07) is 5.78. The highest BCUT2D eigenvalue weighted by molar-refractivity contribution is 8.03. The number of nitrogens with zero attached hydrogens (tertiary/aromatic N) is 3. The molecule has 0 aliphatic carbocycles. The summed E-state index contributed by atoms with van der Waals surface area (Å²) in [5.74, 6) is 0. The number of hydrogen-bond donors (Lipinski definition) is 0. The van der Waals surface area contributed by atoms with Crippen LogP contribution in [0.5, 0.6) is 0 Å². The number of aryl methyl sites for hydroxylation is 1. The van der Waals surface area contributed by atoms with Crippen LogP contribution in [0.25, 0.3) is 5.65 Å². The van der Waals surface area contributed by atoms with E-state index in [0.29, 0.717) is 0 Å². The first kappa shape index (κ1) is 8.14. The minimum absolute atomic E-state index is 0.887. The van der Waals surface area contributed by atoms with Crippen LogP contribution in [0.4, 0.5) is 0 Å². The SMILES string of the molecule is Cc1nc2ccccn2c1SC#N. The molecule has 0 unspecified atom stereocenters. The monoisotopic (exact) mass is 189 g/mol. The second-order valence-corrected chi connectivity index (χ2v) is 3.40. The molecule has 0 saturated carbocycles. The van der Waals surface area contributed by atoms with Crippen molar-refractivity contribution in [2.45, 2.75) is 11.9 Å². The van der Waals surface area contributed by atoms with E-state index in [1.54, 1.807) is 0 Å². The summed E-state index contributed by atoms with van der Waals surface area (Å²) in [6.07, 6.45) is 1.91. The molecule has 0 aromatic carbocycles. The van der Waals surface area contributed by atoms with Crippen LogP contribution in [0.3, 0.4) is 0 Å². The van der Waals surface area contributed by atoms with Crippen molar-refractivity contribution in [2.75, 3.05) is 0 Å². The number of imidazole rings is 1. The van der Waals surface area contributed by atoms with Crippen LogP contribution >= 0.6 is 11.8 Å². The highest BCUT2D eigenvalue weighted by Crippen LogP contribution is 2.22. The van der Waals surface area contributed by atoms with Gasteiger partial charge < -0.3 is 0 Å². The first-order valence-electron chi connectivity index (χ1n) is 3.82. The highest BCUT2D eigenvalue weighted by Gasteiger charge is 2.07. The summed E-state index contributed by atoms with van der Waals surface area (Å²) < 4.78 is 1.92. The predicted octanol–water partition coefficient (Wildman–Crippen LogP) is 2.22. The Balaban J connectivity index is 2.73. The smallest absolute Gasteiger partial charge is 0.140 e. The molecule has 13 heavy (non-hydrogen) atoms. The molecule has 2 heterocycles. The van der Waals surface area contributed by atoms with Gasteiger partial charge in [0, 0.05) is 18.0 Å². The van der Waals surface area contributed by atoms with E-state index in [9.17, 15) is 0 Å². The van der Waals surface area contributed by atoms with Crippen molar-refractivity contribution < 1.29 is 0 Å². The fourth-order valence-corrected chi connectivity index (χ4v) is 1.79. The van der Waals surface area contributed by atoms with E-state index in [-0.39, 0.29) is 0 Å². The summed E-state index contributed by atoms with van der Waals surface area (Å²) in [5.41, 5.74) is 1.79. The van der Waals surface area contributed by atoms with Gasteiger partial charge in [0.1, 0.15) is 16.1 Å². The largest absolute Gasteiger partial charge is 0.294 e. The Morgan fingerprint density at radius 1 is 1.54 bits per heavy atom. The molecule has 0 fully saturated rings. The summed E-state index contributed by atoms with van der Waals surface area (Å²) in [5, 5.41) is 11.6. The maximum atomic E-state index is 8.59. The fraction of sp³-hybridized carbons (Fsp3) is 0.111. The zero-order valence-corrected chi connectivity index (χ0v) is 7.88. The lowest BCUT2D eigenvalue weighted by Crippen LogP contribution is -1.83. The van der Waals surface area contributed by atoms with Crippen LogP contribution in [-0.2, 0) is 0 Å². The third-order valence-corrected chi connectivity index (χ3v) is 2.57. The summed E-state index contributed by atoms with van der Waals surface area (Å²) >= 11 is 1.14. The first-order valence-corrected chi connectivity index (χ1v) is 4.64. The Kier molecular flexibility index (Phi) is 1.95. The van der Waals surface area contributed by atoms with Crippen molar-refractivity contribution in [3.63, 3.8) is 0 Å². The summed E-state index contributed by atoms with van der Waals surface area (Å²) in [7, 11) is 0. The standard InChI is InChI=1S/C9H7N3S/c1-7-9(13-6-10)12-5-3-2-4-8(12)11-7/h2-5H,1H3. The molecule has 2 aromatic heterocycles. The molecule has 0 N–H and O–H groups in total. The molecule has 2 rings (SSSR count). The molecule has 0 radical (unpaired) electrons. The summed E-state index contributed by atoms with van der Waals surface area (Å²) in [4.78, 5) is 4.32. The van der Waals surface area contributed by atoms with E-state index < -0.39 is 0 Å². The van der Waals surface area contributed by atoms with Crippen LogP contribution in [0.15, 0.2) is 29.4 Å². The molecule has 0 aliphatic heterocycles. The maximum absolute atomic E-state index is 8.59. The minimum Gasteiger partial charge on any atom is -0.294 e. The van der Waals surface area contributed by atoms with Crippen LogP contribution in [0.1, 0.15) is 5.69 Å². The normalized spacial score (nSPS) is 10.2. The quantitative estimate of drug-likeness (QED) is 0.510. The Labute approximate surface area is 80.0 Å². The Bertz CT molecular complexity index is 481. The number of aromatic nitrogens is 2. The lowest BCUT2D eigenvalue weighted by molar-refractivity contribution is 1.03. The number of nitriles is 1. The number of fused-ring (bicyclic) bond motifs is 1. The zero-order chi connectivity index (χ0) is 9.26. The van der Waals surface area contributed by atoms with Gasteiger partial charge in [-0.05, 0) is 19.1 Å². The van der Waals surface area contributed by atoms with Gasteiger partial charge in [-0.2, -0.15) is 5.26 Å². The van der Waals surface area contributed by atoms with Crippen molar-refractivity contribution >= 4 is 17.4 Å². The van der Waals surface area contributed by atoms with Gasteiger partial charge in [0.2, 0.25) is 0 Å². The average Bonchev–Trinajstić information content (AvgIpc) is 2.44. The van der Waals surface area contributed by atoms with Gasteiger partial charge in [0.05, 0.1) is 5.69 Å². The fourth-order valence-electron chi connectivity index (χ4n) is 1.26. The molecule has 3 nitrogen and oxygen atoms in total. The van der Waals surface area contributed by atoms with E-state index in [4.69, 9.17) is 5.26 Å². The van der Waals surface area contributed by atoms with E-state index >= 15 is 0 Å². The zero-order valence-electron chi connectivity index (χ0n) is 7.06. The Morgan fingerprint density at radius 3 is 3.15 bits per heavy atom. The van der Waals surface area contributed by atoms with Crippen molar-refractivity contribution in [3.05, 3.63) is 30.1 Å². The highest BCUT2D eigenvalue weighted by atomic mass is 32.2. The molecule has 4 heteroatoms. The van der Waals surface area contributed by atoms with Gasteiger partial charge in [-0.25, -0.2) is 4.98 Å². The first-order chi connectivity index (χ1) is 6.33. The Hall–Kier alpha value is -1.47. The number of thiocyanates is 1. The number of rotatable bonds is 1. The van der Waals surface area contributed by atoms with Crippen molar-refractivity contribution in [2.24, 2.45) is 0 Å². The number of pyridine rings is 1. The van der Waals surface area contributed by atoms with E-state index in [1.165, 1.54) is 0 Å². The van der Waals surface area contributed by atoms with Crippen LogP contribution in [-0.4, -0.2) is 9.38 Å². The number of thioether (sulfide) groups is 1. The van der Waals surface area contributed by atoms with E-state index in [0.717, 1.165) is 28.1 Å². The third kappa shape index (κ3) is 1.27. The van der Waals surface area contributed by atoms with Gasteiger partial charge in [0.25, 0.3) is 0 Å². The van der Waals surface area contributed by atoms with Crippen LogP contribution in [0, 0.1) is 17.6 Å². The lowest BCUT2D eigenvalue weighted by atomic mass is 10.5. The van der Waals surface area contributed by atoms with E-state index in [1.807, 2.05) is 35.7 Å². The van der Waals surface area contributed by atoms with Gasteiger partial charge in [0.15, 0.2) is 0 Å². The second-order valence-electron chi connectivity index (χ2n) is 2.62. The van der Waals surface area contributed by atoms with E-state index in [2.05, 4.69) is 10.4 Å². The average molecular weight is 189 g/mol. The van der Waals surface area contributed by atoms with Crippen molar-refractivity contribution in [3.8, 4) is 5.40 Å². The predicted molar refractivity (Wildman–Crippen MR) is 51.4 cm³/mol. The lowest BCUT2D eigenvalue weighted by Gasteiger charge is -1.94. The third-order valence-electron chi connectivity index (χ3n) is 1.79. The molecule has 0 spiro atoms. The molecule has 0 amide bonds.